The zero-order valence-electron chi connectivity index (χ0n) is 19.5. The third-order valence-corrected chi connectivity index (χ3v) is 7.33. The summed E-state index contributed by atoms with van der Waals surface area (Å²) in [5, 5.41) is 0. The van der Waals surface area contributed by atoms with Gasteiger partial charge >= 0.3 is 0 Å². The molecule has 3 aromatic carbocycles. The number of hydrogen-bond acceptors (Lipinski definition) is 1. The predicted molar refractivity (Wildman–Crippen MR) is 136 cm³/mol. The van der Waals surface area contributed by atoms with E-state index in [9.17, 15) is 0 Å². The maximum Gasteiger partial charge on any atom is 0.0347 e. The Morgan fingerprint density at radius 1 is 0.710 bits per heavy atom. The topological polar surface area (TPSA) is 26.0 Å². The Bertz CT molecular complexity index is 1020. The first kappa shape index (κ1) is 21.7. The van der Waals surface area contributed by atoms with E-state index in [4.69, 9.17) is 5.73 Å². The van der Waals surface area contributed by atoms with Crippen molar-refractivity contribution >= 4 is 5.69 Å². The molecule has 1 aliphatic rings. The molecule has 2 N–H and O–H groups in total. The van der Waals surface area contributed by atoms with Crippen molar-refractivity contribution in [1.82, 2.24) is 0 Å². The number of benzene rings is 3. The van der Waals surface area contributed by atoms with Crippen LogP contribution in [0.1, 0.15) is 81.9 Å². The van der Waals surface area contributed by atoms with Gasteiger partial charge in [0.2, 0.25) is 0 Å². The van der Waals surface area contributed by atoms with Crippen molar-refractivity contribution in [3.63, 3.8) is 0 Å². The summed E-state index contributed by atoms with van der Waals surface area (Å²) in [6, 6.07) is 22.4. The van der Waals surface area contributed by atoms with Crippen LogP contribution in [0.25, 0.3) is 22.3 Å². The maximum absolute atomic E-state index is 6.48. The second-order valence-corrected chi connectivity index (χ2v) is 9.33. The fourth-order valence-electron chi connectivity index (χ4n) is 5.70. The standard InChI is InChI=1S/C30H37N/c1-4-6-11-19-30(20-12-7-5-2)27-17-15-24(23-13-9-8-10-14-23)21-26(27)25-16-18-28(31)22(3)29(25)30/h8-10,13-18,21H,4-7,11-12,19-20,31H2,1-3H3. The van der Waals surface area contributed by atoms with Crippen molar-refractivity contribution in [3.8, 4) is 22.3 Å². The normalized spacial score (nSPS) is 13.8. The van der Waals surface area contributed by atoms with E-state index in [2.05, 4.69) is 81.4 Å². The van der Waals surface area contributed by atoms with E-state index in [1.54, 1.807) is 0 Å². The van der Waals surface area contributed by atoms with Gasteiger partial charge in [-0.25, -0.2) is 0 Å². The lowest BCUT2D eigenvalue weighted by Crippen LogP contribution is -2.26. The van der Waals surface area contributed by atoms with E-state index in [0.29, 0.717) is 0 Å². The highest BCUT2D eigenvalue weighted by atomic mass is 14.6. The van der Waals surface area contributed by atoms with Crippen molar-refractivity contribution in [3.05, 3.63) is 77.4 Å². The summed E-state index contributed by atoms with van der Waals surface area (Å²) >= 11 is 0. The lowest BCUT2D eigenvalue weighted by atomic mass is 9.69. The molecule has 0 saturated carbocycles. The van der Waals surface area contributed by atoms with Gasteiger partial charge in [0.25, 0.3) is 0 Å². The first-order chi connectivity index (χ1) is 15.1. The molecule has 0 aliphatic heterocycles. The highest BCUT2D eigenvalue weighted by Crippen LogP contribution is 2.56. The molecule has 162 valence electrons. The average molecular weight is 412 g/mol. The lowest BCUT2D eigenvalue weighted by molar-refractivity contribution is 0.404. The number of nitrogens with two attached hydrogens (primary N) is 1. The third-order valence-electron chi connectivity index (χ3n) is 7.33. The Balaban J connectivity index is 1.90. The van der Waals surface area contributed by atoms with Gasteiger partial charge in [0.15, 0.2) is 0 Å². The molecule has 3 aromatic rings. The van der Waals surface area contributed by atoms with Crippen LogP contribution in [0.15, 0.2) is 60.7 Å². The maximum atomic E-state index is 6.48. The SMILES string of the molecule is CCCCCC1(CCCCC)c2ccc(-c3ccccc3)cc2-c2ccc(N)c(C)c21. The van der Waals surface area contributed by atoms with Gasteiger partial charge in [0.1, 0.15) is 0 Å². The molecule has 4 rings (SSSR count). The summed E-state index contributed by atoms with van der Waals surface area (Å²) in [4.78, 5) is 0. The van der Waals surface area contributed by atoms with Gasteiger partial charge in [0, 0.05) is 11.1 Å². The van der Waals surface area contributed by atoms with E-state index < -0.39 is 0 Å². The van der Waals surface area contributed by atoms with Crippen LogP contribution in [0.5, 0.6) is 0 Å². The zero-order valence-corrected chi connectivity index (χ0v) is 19.5. The molecule has 0 bridgehead atoms. The van der Waals surface area contributed by atoms with Crippen molar-refractivity contribution in [2.75, 3.05) is 5.73 Å². The molecule has 0 saturated heterocycles. The van der Waals surface area contributed by atoms with Crippen LogP contribution >= 0.6 is 0 Å². The highest BCUT2D eigenvalue weighted by Gasteiger charge is 2.43. The molecule has 0 atom stereocenters. The van der Waals surface area contributed by atoms with Crippen LogP contribution in [0.2, 0.25) is 0 Å². The van der Waals surface area contributed by atoms with E-state index >= 15 is 0 Å². The van der Waals surface area contributed by atoms with Gasteiger partial charge in [-0.3, -0.25) is 0 Å². The largest absolute Gasteiger partial charge is 0.399 e. The minimum absolute atomic E-state index is 0.101. The number of nitrogen functional groups attached to an aromatic ring is 1. The second kappa shape index (κ2) is 9.30. The van der Waals surface area contributed by atoms with Crippen molar-refractivity contribution < 1.29 is 0 Å². The van der Waals surface area contributed by atoms with Crippen molar-refractivity contribution in [1.29, 1.82) is 0 Å². The highest BCUT2D eigenvalue weighted by molar-refractivity contribution is 5.87. The molecule has 1 nitrogen and oxygen atoms in total. The second-order valence-electron chi connectivity index (χ2n) is 9.33. The number of unbranched alkanes of at least 4 members (excludes halogenated alkanes) is 4. The molecule has 0 spiro atoms. The van der Waals surface area contributed by atoms with E-state index in [1.807, 2.05) is 0 Å². The molecule has 0 amide bonds. The molecular weight excluding hydrogens is 374 g/mol. The van der Waals surface area contributed by atoms with Crippen LogP contribution in [0.3, 0.4) is 0 Å². The lowest BCUT2D eigenvalue weighted by Gasteiger charge is -2.34. The fraction of sp³-hybridized carbons (Fsp3) is 0.400. The summed E-state index contributed by atoms with van der Waals surface area (Å²) in [5.41, 5.74) is 17.3. The van der Waals surface area contributed by atoms with Crippen LogP contribution in [-0.2, 0) is 5.41 Å². The predicted octanol–water partition coefficient (Wildman–Crippen LogP) is 8.67. The van der Waals surface area contributed by atoms with Crippen LogP contribution < -0.4 is 5.73 Å². The van der Waals surface area contributed by atoms with Crippen molar-refractivity contribution in [2.45, 2.75) is 77.6 Å². The summed E-state index contributed by atoms with van der Waals surface area (Å²) < 4.78 is 0. The molecule has 0 radical (unpaired) electrons. The number of anilines is 1. The quantitative estimate of drug-likeness (QED) is 0.276. The summed E-state index contributed by atoms with van der Waals surface area (Å²) in [6.07, 6.45) is 10.1. The molecule has 1 heteroatoms. The smallest absolute Gasteiger partial charge is 0.0347 e. The number of fused-ring (bicyclic) bond motifs is 3. The van der Waals surface area contributed by atoms with Gasteiger partial charge in [0.05, 0.1) is 0 Å². The van der Waals surface area contributed by atoms with Gasteiger partial charge < -0.3 is 5.73 Å². The van der Waals surface area contributed by atoms with Gasteiger partial charge in [-0.15, -0.1) is 0 Å². The average Bonchev–Trinajstić information content (AvgIpc) is 3.07. The Morgan fingerprint density at radius 3 is 2.03 bits per heavy atom. The van der Waals surface area contributed by atoms with Gasteiger partial charge in [-0.2, -0.15) is 0 Å². The Labute approximate surface area is 188 Å². The molecule has 0 fully saturated rings. The fourth-order valence-corrected chi connectivity index (χ4v) is 5.70. The minimum atomic E-state index is 0.101. The molecule has 0 aromatic heterocycles. The molecule has 0 unspecified atom stereocenters. The first-order valence-electron chi connectivity index (χ1n) is 12.2. The Morgan fingerprint density at radius 2 is 1.39 bits per heavy atom. The van der Waals surface area contributed by atoms with Crippen molar-refractivity contribution in [2.24, 2.45) is 0 Å². The zero-order chi connectivity index (χ0) is 21.8. The van der Waals surface area contributed by atoms with Crippen LogP contribution in [0.4, 0.5) is 5.69 Å². The van der Waals surface area contributed by atoms with E-state index in [0.717, 1.165) is 5.69 Å². The van der Waals surface area contributed by atoms with Gasteiger partial charge in [-0.05, 0) is 70.8 Å². The first-order valence-corrected chi connectivity index (χ1v) is 12.2. The molecular formula is C30H37N. The van der Waals surface area contributed by atoms with Crippen LogP contribution in [0, 0.1) is 6.92 Å². The molecule has 31 heavy (non-hydrogen) atoms. The van der Waals surface area contributed by atoms with Crippen LogP contribution in [-0.4, -0.2) is 0 Å². The Kier molecular flexibility index (Phi) is 6.51. The number of rotatable bonds is 9. The summed E-state index contributed by atoms with van der Waals surface area (Å²) in [5.74, 6) is 0. The summed E-state index contributed by atoms with van der Waals surface area (Å²) in [6.45, 7) is 6.85. The minimum Gasteiger partial charge on any atom is -0.399 e. The Hall–Kier alpha value is -2.54. The molecule has 1 aliphatic carbocycles. The summed E-state index contributed by atoms with van der Waals surface area (Å²) in [7, 11) is 0. The third kappa shape index (κ3) is 3.91. The van der Waals surface area contributed by atoms with Gasteiger partial charge in [-0.1, -0.05) is 101 Å². The number of hydrogen-bond donors (Lipinski definition) is 1. The van der Waals surface area contributed by atoms with E-state index in [-0.39, 0.29) is 5.41 Å². The molecule has 0 heterocycles. The van der Waals surface area contributed by atoms with E-state index in [1.165, 1.54) is 90.3 Å². The monoisotopic (exact) mass is 411 g/mol.